The van der Waals surface area contributed by atoms with E-state index in [0.717, 1.165) is 0 Å². The smallest absolute Gasteiger partial charge is 0.311 e. The third-order valence-corrected chi connectivity index (χ3v) is 3.23. The van der Waals surface area contributed by atoms with Gasteiger partial charge in [-0.3, -0.25) is 9.59 Å². The molecule has 0 heterocycles. The molecular formula is C14H28N2O4. The normalized spacial score (nSPS) is 26.4. The Balaban J connectivity index is 0.00000361. The fraction of sp³-hybridized carbons (Fsp3) is 0.857. The zero-order chi connectivity index (χ0) is 14.6. The molecule has 0 amide bonds. The van der Waals surface area contributed by atoms with Crippen molar-refractivity contribution in [3.8, 4) is 0 Å². The lowest BCUT2D eigenvalue weighted by molar-refractivity contribution is -0.164. The predicted molar refractivity (Wildman–Crippen MR) is 76.3 cm³/mol. The molecule has 118 valence electrons. The zero-order valence-electron chi connectivity index (χ0n) is 13.0. The van der Waals surface area contributed by atoms with Crippen molar-refractivity contribution in [1.82, 2.24) is 6.15 Å². The number of esters is 2. The monoisotopic (exact) mass is 288 g/mol. The minimum absolute atomic E-state index is 0. The molecule has 0 aromatic carbocycles. The summed E-state index contributed by atoms with van der Waals surface area (Å²) in [6.07, 6.45) is 1.75. The molecule has 6 heteroatoms. The predicted octanol–water partition coefficient (Wildman–Crippen LogP) is 1.80. The maximum atomic E-state index is 12.1. The van der Waals surface area contributed by atoms with Gasteiger partial charge in [0.15, 0.2) is 0 Å². The van der Waals surface area contributed by atoms with Crippen molar-refractivity contribution < 1.29 is 19.1 Å². The van der Waals surface area contributed by atoms with Gasteiger partial charge in [0.1, 0.15) is 5.60 Å². The van der Waals surface area contributed by atoms with Crippen LogP contribution in [0.4, 0.5) is 0 Å². The molecule has 0 spiro atoms. The van der Waals surface area contributed by atoms with Crippen LogP contribution in [0.25, 0.3) is 0 Å². The third kappa shape index (κ3) is 5.46. The first-order valence-electron chi connectivity index (χ1n) is 6.89. The van der Waals surface area contributed by atoms with Gasteiger partial charge in [-0.05, 0) is 47.0 Å². The fourth-order valence-corrected chi connectivity index (χ4v) is 2.32. The van der Waals surface area contributed by atoms with Gasteiger partial charge in [-0.1, -0.05) is 0 Å². The van der Waals surface area contributed by atoms with Gasteiger partial charge >= 0.3 is 11.9 Å². The van der Waals surface area contributed by atoms with E-state index < -0.39 is 11.5 Å². The summed E-state index contributed by atoms with van der Waals surface area (Å²) in [6, 6.07) is -0.236. The molecule has 3 atom stereocenters. The number of hydrogen-bond acceptors (Lipinski definition) is 6. The van der Waals surface area contributed by atoms with E-state index in [1.54, 1.807) is 6.92 Å². The number of nitrogens with two attached hydrogens (primary N) is 1. The number of carbonyl (C=O) groups is 2. The van der Waals surface area contributed by atoms with Gasteiger partial charge in [-0.2, -0.15) is 0 Å². The average molecular weight is 288 g/mol. The van der Waals surface area contributed by atoms with Gasteiger partial charge < -0.3 is 21.4 Å². The van der Waals surface area contributed by atoms with E-state index in [-0.39, 0.29) is 30.0 Å². The molecule has 5 N–H and O–H groups in total. The topological polar surface area (TPSA) is 114 Å². The summed E-state index contributed by atoms with van der Waals surface area (Å²) in [6.45, 7) is 7.60. The van der Waals surface area contributed by atoms with Crippen molar-refractivity contribution in [2.45, 2.75) is 58.6 Å². The van der Waals surface area contributed by atoms with E-state index >= 15 is 0 Å². The molecule has 0 saturated heterocycles. The van der Waals surface area contributed by atoms with E-state index in [9.17, 15) is 9.59 Å². The van der Waals surface area contributed by atoms with Gasteiger partial charge in [-0.15, -0.1) is 0 Å². The number of hydrogen-bond donors (Lipinski definition) is 2. The quantitative estimate of drug-likeness (QED) is 0.765. The minimum Gasteiger partial charge on any atom is -0.466 e. The molecule has 0 aliphatic heterocycles. The molecule has 0 aromatic heterocycles. The maximum absolute atomic E-state index is 12.1. The second-order valence-electron chi connectivity index (χ2n) is 6.07. The lowest BCUT2D eigenvalue weighted by atomic mass is 9.78. The second kappa shape index (κ2) is 7.59. The summed E-state index contributed by atoms with van der Waals surface area (Å²) in [5.74, 6) is -1.20. The van der Waals surface area contributed by atoms with E-state index in [4.69, 9.17) is 15.2 Å². The van der Waals surface area contributed by atoms with Crippen LogP contribution < -0.4 is 11.9 Å². The Morgan fingerprint density at radius 3 is 2.30 bits per heavy atom. The van der Waals surface area contributed by atoms with E-state index in [2.05, 4.69) is 0 Å². The van der Waals surface area contributed by atoms with E-state index in [1.807, 2.05) is 20.8 Å². The number of rotatable bonds is 3. The SMILES string of the molecule is CCOC(=O)[C@H]1CC[C@@H](N)[C@H](C(=O)OC(C)(C)C)C1.N. The van der Waals surface area contributed by atoms with E-state index in [0.29, 0.717) is 25.9 Å². The van der Waals surface area contributed by atoms with Crippen molar-refractivity contribution in [1.29, 1.82) is 0 Å². The van der Waals surface area contributed by atoms with Crippen LogP contribution in [0, 0.1) is 11.8 Å². The van der Waals surface area contributed by atoms with Crippen molar-refractivity contribution >= 4 is 11.9 Å². The highest BCUT2D eigenvalue weighted by molar-refractivity contribution is 5.77. The molecule has 6 nitrogen and oxygen atoms in total. The molecule has 0 bridgehead atoms. The molecule has 0 radical (unpaired) electrons. The Bertz CT molecular complexity index is 339. The van der Waals surface area contributed by atoms with Gasteiger partial charge in [0.25, 0.3) is 0 Å². The van der Waals surface area contributed by atoms with Crippen LogP contribution >= 0.6 is 0 Å². The van der Waals surface area contributed by atoms with Crippen LogP contribution in [0.2, 0.25) is 0 Å². The molecule has 1 aliphatic rings. The summed E-state index contributed by atoms with van der Waals surface area (Å²) >= 11 is 0. The Hall–Kier alpha value is -1.14. The third-order valence-electron chi connectivity index (χ3n) is 3.23. The summed E-state index contributed by atoms with van der Waals surface area (Å²) in [5.41, 5.74) is 5.45. The molecule has 1 rings (SSSR count). The van der Waals surface area contributed by atoms with Gasteiger partial charge in [-0.25, -0.2) is 0 Å². The Labute approximate surface area is 121 Å². The summed E-state index contributed by atoms with van der Waals surface area (Å²) in [4.78, 5) is 23.8. The summed E-state index contributed by atoms with van der Waals surface area (Å²) in [5, 5.41) is 0. The first-order chi connectivity index (χ1) is 8.74. The molecule has 20 heavy (non-hydrogen) atoms. The van der Waals surface area contributed by atoms with Crippen LogP contribution in [0.1, 0.15) is 47.0 Å². The van der Waals surface area contributed by atoms with Crippen molar-refractivity contribution in [2.24, 2.45) is 17.6 Å². The van der Waals surface area contributed by atoms with Crippen molar-refractivity contribution in [3.63, 3.8) is 0 Å². The Morgan fingerprint density at radius 1 is 1.20 bits per heavy atom. The van der Waals surface area contributed by atoms with Gasteiger partial charge in [0.2, 0.25) is 0 Å². The van der Waals surface area contributed by atoms with Gasteiger partial charge in [0, 0.05) is 6.04 Å². The molecule has 0 unspecified atom stereocenters. The van der Waals surface area contributed by atoms with Crippen molar-refractivity contribution in [2.75, 3.05) is 6.61 Å². The van der Waals surface area contributed by atoms with Crippen LogP contribution in [-0.4, -0.2) is 30.2 Å². The molecule has 0 aromatic rings. The molecule has 1 saturated carbocycles. The zero-order valence-corrected chi connectivity index (χ0v) is 13.0. The lowest BCUT2D eigenvalue weighted by Gasteiger charge is -2.33. The largest absolute Gasteiger partial charge is 0.466 e. The number of ether oxygens (including phenoxy) is 2. The number of carbonyl (C=O) groups excluding carboxylic acids is 2. The molecule has 1 aliphatic carbocycles. The highest BCUT2D eigenvalue weighted by Crippen LogP contribution is 2.31. The Morgan fingerprint density at radius 2 is 1.80 bits per heavy atom. The fourth-order valence-electron chi connectivity index (χ4n) is 2.32. The minimum atomic E-state index is -0.534. The van der Waals surface area contributed by atoms with Crippen molar-refractivity contribution in [3.05, 3.63) is 0 Å². The molecule has 1 fully saturated rings. The second-order valence-corrected chi connectivity index (χ2v) is 6.07. The molecular weight excluding hydrogens is 260 g/mol. The summed E-state index contributed by atoms with van der Waals surface area (Å²) in [7, 11) is 0. The summed E-state index contributed by atoms with van der Waals surface area (Å²) < 4.78 is 10.4. The van der Waals surface area contributed by atoms with Crippen LogP contribution in [-0.2, 0) is 19.1 Å². The van der Waals surface area contributed by atoms with Gasteiger partial charge in [0.05, 0.1) is 18.4 Å². The van der Waals surface area contributed by atoms with Crippen LogP contribution in [0.5, 0.6) is 0 Å². The first-order valence-corrected chi connectivity index (χ1v) is 6.89. The highest BCUT2D eigenvalue weighted by atomic mass is 16.6. The average Bonchev–Trinajstić information content (AvgIpc) is 2.27. The highest BCUT2D eigenvalue weighted by Gasteiger charge is 2.38. The maximum Gasteiger partial charge on any atom is 0.311 e. The Kier molecular flexibility index (Phi) is 7.16. The van der Waals surface area contributed by atoms with E-state index in [1.165, 1.54) is 0 Å². The first kappa shape index (κ1) is 18.9. The lowest BCUT2D eigenvalue weighted by Crippen LogP contribution is -2.44. The van der Waals surface area contributed by atoms with Crippen LogP contribution in [0.15, 0.2) is 0 Å². The van der Waals surface area contributed by atoms with Crippen LogP contribution in [0.3, 0.4) is 0 Å². The standard InChI is InChI=1S/C14H25NO4.H3N/c1-5-18-12(16)9-6-7-11(15)10(8-9)13(17)19-14(2,3)4;/h9-11H,5-8,15H2,1-4H3;1H3/t9-,10+,11+;/m0./s1.